The van der Waals surface area contributed by atoms with E-state index in [0.29, 0.717) is 48.5 Å². The van der Waals surface area contributed by atoms with Crippen LogP contribution >= 0.6 is 0 Å². The van der Waals surface area contributed by atoms with E-state index in [1.807, 2.05) is 19.0 Å². The molecule has 1 aliphatic heterocycles. The standard InChI is InChI=1S/C30H51N3O3/c1-19(2)17-31(7)27(35)21-15-24-22-9-10-25-30(6,23(22)11-13-29(24,5)16-21)14-12-26(34)33(25)28(36)32(8)18-20(3)4/h19-25H,9-18H2,1-8H3/t21?,22-,23-,24+,25?,29-,30-/m1/s1. The van der Waals surface area contributed by atoms with Crippen LogP contribution in [0.25, 0.3) is 0 Å². The molecule has 0 aromatic carbocycles. The van der Waals surface area contributed by atoms with Crippen LogP contribution in [-0.4, -0.2) is 65.8 Å². The summed E-state index contributed by atoms with van der Waals surface area (Å²) in [4.78, 5) is 45.3. The number of nitrogens with zero attached hydrogens (tertiary/aromatic N) is 3. The van der Waals surface area contributed by atoms with Gasteiger partial charge in [0.2, 0.25) is 11.8 Å². The summed E-state index contributed by atoms with van der Waals surface area (Å²) in [5, 5.41) is 0. The van der Waals surface area contributed by atoms with Crippen molar-refractivity contribution in [2.75, 3.05) is 27.2 Å². The van der Waals surface area contributed by atoms with Gasteiger partial charge in [-0.2, -0.15) is 0 Å². The third-order valence-corrected chi connectivity index (χ3v) is 10.6. The average Bonchev–Trinajstić information content (AvgIpc) is 3.15. The zero-order chi connectivity index (χ0) is 26.6. The Morgan fingerprint density at radius 2 is 1.58 bits per heavy atom. The number of amides is 4. The lowest BCUT2D eigenvalue weighted by Crippen LogP contribution is -2.64. The Labute approximate surface area is 219 Å². The molecule has 4 amide bonds. The lowest BCUT2D eigenvalue weighted by atomic mass is 9.47. The number of likely N-dealkylation sites (tertiary alicyclic amines) is 1. The number of carbonyl (C=O) groups is 3. The van der Waals surface area contributed by atoms with Gasteiger partial charge in [-0.25, -0.2) is 4.79 Å². The van der Waals surface area contributed by atoms with Crippen molar-refractivity contribution in [2.45, 2.75) is 99.0 Å². The highest BCUT2D eigenvalue weighted by Crippen LogP contribution is 2.65. The van der Waals surface area contributed by atoms with E-state index in [1.165, 1.54) is 0 Å². The largest absolute Gasteiger partial charge is 0.345 e. The van der Waals surface area contributed by atoms with E-state index in [-0.39, 0.29) is 34.7 Å². The number of rotatable bonds is 5. The van der Waals surface area contributed by atoms with E-state index >= 15 is 0 Å². The number of carbonyl (C=O) groups excluding carboxylic acids is 3. The molecule has 0 aromatic rings. The van der Waals surface area contributed by atoms with Crippen LogP contribution in [0.2, 0.25) is 0 Å². The number of hydrogen-bond acceptors (Lipinski definition) is 3. The van der Waals surface area contributed by atoms with Crippen molar-refractivity contribution in [3.63, 3.8) is 0 Å². The molecule has 1 saturated heterocycles. The van der Waals surface area contributed by atoms with Crippen molar-refractivity contribution in [2.24, 2.45) is 46.3 Å². The first-order valence-electron chi connectivity index (χ1n) is 14.6. The van der Waals surface area contributed by atoms with Gasteiger partial charge < -0.3 is 9.80 Å². The first kappa shape index (κ1) is 27.4. The van der Waals surface area contributed by atoms with Crippen LogP contribution in [0, 0.1) is 46.3 Å². The molecule has 6 heteroatoms. The van der Waals surface area contributed by atoms with E-state index in [0.717, 1.165) is 51.5 Å². The highest BCUT2D eigenvalue weighted by atomic mass is 16.2. The lowest BCUT2D eigenvalue weighted by Gasteiger charge is -2.61. The summed E-state index contributed by atoms with van der Waals surface area (Å²) < 4.78 is 0. The topological polar surface area (TPSA) is 60.9 Å². The van der Waals surface area contributed by atoms with Gasteiger partial charge in [0, 0.05) is 45.6 Å². The number of piperidine rings is 1. The maximum absolute atomic E-state index is 13.5. The molecular weight excluding hydrogens is 450 g/mol. The Balaban J connectivity index is 1.54. The van der Waals surface area contributed by atoms with Crippen molar-refractivity contribution in [3.05, 3.63) is 0 Å². The minimum absolute atomic E-state index is 0.00229. The molecule has 0 N–H and O–H groups in total. The summed E-state index contributed by atoms with van der Waals surface area (Å²) in [5.74, 6) is 3.03. The molecular formula is C30H51N3O3. The summed E-state index contributed by atoms with van der Waals surface area (Å²) in [7, 11) is 3.81. The molecule has 1 heterocycles. The Bertz CT molecular complexity index is 872. The lowest BCUT2D eigenvalue weighted by molar-refractivity contribution is -0.154. The molecule has 204 valence electrons. The molecule has 0 bridgehead atoms. The third-order valence-electron chi connectivity index (χ3n) is 10.6. The Morgan fingerprint density at radius 1 is 0.944 bits per heavy atom. The molecule has 4 rings (SSSR count). The zero-order valence-electron chi connectivity index (χ0n) is 24.2. The van der Waals surface area contributed by atoms with Gasteiger partial charge in [-0.05, 0) is 85.4 Å². The number of urea groups is 1. The molecule has 6 nitrogen and oxygen atoms in total. The Kier molecular flexibility index (Phi) is 7.58. The van der Waals surface area contributed by atoms with E-state index in [4.69, 9.17) is 0 Å². The fourth-order valence-corrected chi connectivity index (χ4v) is 9.13. The molecule has 0 radical (unpaired) electrons. The van der Waals surface area contributed by atoms with Gasteiger partial charge in [-0.1, -0.05) is 41.5 Å². The second-order valence-electron chi connectivity index (χ2n) is 14.2. The van der Waals surface area contributed by atoms with Crippen LogP contribution in [0.3, 0.4) is 0 Å². The van der Waals surface area contributed by atoms with Crippen molar-refractivity contribution in [1.29, 1.82) is 0 Å². The highest BCUT2D eigenvalue weighted by molar-refractivity contribution is 5.95. The van der Waals surface area contributed by atoms with Gasteiger partial charge in [0.1, 0.15) is 0 Å². The fraction of sp³-hybridized carbons (Fsp3) is 0.900. The van der Waals surface area contributed by atoms with Crippen LogP contribution in [0.5, 0.6) is 0 Å². The van der Waals surface area contributed by atoms with Gasteiger partial charge >= 0.3 is 6.03 Å². The van der Waals surface area contributed by atoms with Crippen LogP contribution in [0.15, 0.2) is 0 Å². The first-order valence-corrected chi connectivity index (χ1v) is 14.6. The average molecular weight is 502 g/mol. The first-order chi connectivity index (χ1) is 16.8. The summed E-state index contributed by atoms with van der Waals surface area (Å²) in [6.45, 7) is 14.9. The molecule has 3 saturated carbocycles. The summed E-state index contributed by atoms with van der Waals surface area (Å²) in [6.07, 6.45) is 7.68. The van der Waals surface area contributed by atoms with Gasteiger partial charge in [-0.3, -0.25) is 14.5 Å². The van der Waals surface area contributed by atoms with Crippen LogP contribution in [-0.2, 0) is 9.59 Å². The van der Waals surface area contributed by atoms with Crippen molar-refractivity contribution >= 4 is 17.8 Å². The minimum atomic E-state index is -0.108. The quantitative estimate of drug-likeness (QED) is 0.488. The maximum atomic E-state index is 13.5. The summed E-state index contributed by atoms with van der Waals surface area (Å²) >= 11 is 0. The van der Waals surface area contributed by atoms with Crippen molar-refractivity contribution < 1.29 is 14.4 Å². The normalized spacial score (nSPS) is 38.0. The summed E-state index contributed by atoms with van der Waals surface area (Å²) in [6, 6.07) is -0.106. The Morgan fingerprint density at radius 3 is 2.22 bits per heavy atom. The predicted octanol–water partition coefficient (Wildman–Crippen LogP) is 5.66. The Hall–Kier alpha value is -1.59. The van der Waals surface area contributed by atoms with Crippen LogP contribution < -0.4 is 0 Å². The molecule has 4 fully saturated rings. The molecule has 0 aromatic heterocycles. The molecule has 36 heavy (non-hydrogen) atoms. The fourth-order valence-electron chi connectivity index (χ4n) is 9.13. The van der Waals surface area contributed by atoms with Crippen LogP contribution in [0.4, 0.5) is 4.79 Å². The predicted molar refractivity (Wildman–Crippen MR) is 143 cm³/mol. The van der Waals surface area contributed by atoms with E-state index < -0.39 is 0 Å². The maximum Gasteiger partial charge on any atom is 0.326 e. The monoisotopic (exact) mass is 501 g/mol. The smallest absolute Gasteiger partial charge is 0.326 e. The van der Waals surface area contributed by atoms with E-state index in [1.54, 1.807) is 9.80 Å². The van der Waals surface area contributed by atoms with E-state index in [9.17, 15) is 14.4 Å². The van der Waals surface area contributed by atoms with Gasteiger partial charge in [0.05, 0.1) is 0 Å². The second-order valence-corrected chi connectivity index (χ2v) is 14.2. The minimum Gasteiger partial charge on any atom is -0.345 e. The summed E-state index contributed by atoms with van der Waals surface area (Å²) in [5.41, 5.74) is 0.212. The number of imide groups is 1. The number of fused-ring (bicyclic) bond motifs is 5. The third kappa shape index (κ3) is 4.71. The van der Waals surface area contributed by atoms with Crippen molar-refractivity contribution in [3.8, 4) is 0 Å². The molecule has 7 atom stereocenters. The highest BCUT2D eigenvalue weighted by Gasteiger charge is 2.62. The zero-order valence-corrected chi connectivity index (χ0v) is 24.2. The molecule has 4 aliphatic rings. The van der Waals surface area contributed by atoms with Gasteiger partial charge in [-0.15, -0.1) is 0 Å². The molecule has 3 aliphatic carbocycles. The molecule has 0 spiro atoms. The van der Waals surface area contributed by atoms with E-state index in [2.05, 4.69) is 41.5 Å². The van der Waals surface area contributed by atoms with Gasteiger partial charge in [0.15, 0.2) is 0 Å². The second kappa shape index (κ2) is 9.94. The molecule has 2 unspecified atom stereocenters. The van der Waals surface area contributed by atoms with Crippen molar-refractivity contribution in [1.82, 2.24) is 14.7 Å². The van der Waals surface area contributed by atoms with Crippen LogP contribution in [0.1, 0.15) is 92.9 Å². The number of hydrogen-bond donors (Lipinski definition) is 0. The SMILES string of the molecule is CC(C)CN(C)C(=O)C1C[C@H]2[C@@H]3CCC4N(C(=O)N(C)CC(C)C)C(=O)CC[C@]4(C)[C@@H]3CC[C@]2(C)C1. The van der Waals surface area contributed by atoms with Gasteiger partial charge in [0.25, 0.3) is 0 Å².